The summed E-state index contributed by atoms with van der Waals surface area (Å²) in [7, 11) is -0.165. The number of rotatable bonds is 7. The van der Waals surface area contributed by atoms with Crippen molar-refractivity contribution in [2.45, 2.75) is 17.7 Å². The lowest BCUT2D eigenvalue weighted by Gasteiger charge is -2.23. The molecule has 1 saturated heterocycles. The first kappa shape index (κ1) is 18.8. The van der Waals surface area contributed by atoms with Crippen LogP contribution in [0.1, 0.15) is 17.2 Å². The second-order valence-corrected chi connectivity index (χ2v) is 8.26. The highest BCUT2D eigenvalue weighted by atomic mass is 32.2. The number of sulfonamides is 1. The minimum Gasteiger partial charge on any atom is -0.497 e. The minimum absolute atomic E-state index is 0.133. The lowest BCUT2D eigenvalue weighted by Crippen LogP contribution is -2.40. The zero-order chi connectivity index (χ0) is 18.6. The van der Waals surface area contributed by atoms with Crippen molar-refractivity contribution < 1.29 is 18.0 Å². The van der Waals surface area contributed by atoms with Gasteiger partial charge in [0.1, 0.15) is 11.0 Å². The van der Waals surface area contributed by atoms with Gasteiger partial charge in [-0.15, -0.1) is 0 Å². The van der Waals surface area contributed by atoms with Crippen molar-refractivity contribution in [1.82, 2.24) is 9.79 Å². The summed E-state index contributed by atoms with van der Waals surface area (Å²) >= 11 is 0. The molecule has 0 spiro atoms. The van der Waals surface area contributed by atoms with Gasteiger partial charge in [-0.1, -0.05) is 42.5 Å². The maximum Gasteiger partial charge on any atom is 0.218 e. The summed E-state index contributed by atoms with van der Waals surface area (Å²) in [5.41, 5.74) is 1.98. The molecular formula is C19H24N2O4S. The normalized spacial score (nSPS) is 21.0. The van der Waals surface area contributed by atoms with Crippen LogP contribution < -0.4 is 9.46 Å². The highest BCUT2D eigenvalue weighted by Gasteiger charge is 2.42. The lowest BCUT2D eigenvalue weighted by molar-refractivity contribution is -0.110. The summed E-state index contributed by atoms with van der Waals surface area (Å²) in [5, 5.41) is 0.944. The molecule has 1 aliphatic rings. The van der Waals surface area contributed by atoms with Crippen LogP contribution in [0.4, 0.5) is 0 Å². The second kappa shape index (κ2) is 8.18. The van der Waals surface area contributed by atoms with Crippen molar-refractivity contribution in [2.75, 3.05) is 27.3 Å². The van der Waals surface area contributed by atoms with Gasteiger partial charge >= 0.3 is 0 Å². The third kappa shape index (κ3) is 4.24. The van der Waals surface area contributed by atoms with Crippen molar-refractivity contribution in [1.29, 1.82) is 0 Å². The fourth-order valence-corrected chi connectivity index (χ4v) is 4.68. The zero-order valence-corrected chi connectivity index (χ0v) is 15.8. The van der Waals surface area contributed by atoms with Gasteiger partial charge in [-0.3, -0.25) is 4.84 Å². The van der Waals surface area contributed by atoms with Gasteiger partial charge in [0.05, 0.1) is 19.8 Å². The summed E-state index contributed by atoms with van der Waals surface area (Å²) in [6.07, 6.45) is 0.649. The number of hydroxylamine groups is 2. The zero-order valence-electron chi connectivity index (χ0n) is 15.0. The van der Waals surface area contributed by atoms with E-state index >= 15 is 0 Å². The van der Waals surface area contributed by atoms with Crippen LogP contribution >= 0.6 is 0 Å². The first-order valence-electron chi connectivity index (χ1n) is 8.53. The van der Waals surface area contributed by atoms with Gasteiger partial charge in [0.25, 0.3) is 0 Å². The molecule has 1 heterocycles. The quantitative estimate of drug-likeness (QED) is 0.802. The number of ether oxygens (including phenoxy) is 1. The van der Waals surface area contributed by atoms with E-state index in [1.807, 2.05) is 54.6 Å². The molecule has 0 amide bonds. The predicted molar refractivity (Wildman–Crippen MR) is 100 cm³/mol. The summed E-state index contributed by atoms with van der Waals surface area (Å²) in [5.74, 6) is 0.732. The van der Waals surface area contributed by atoms with Crippen LogP contribution in [0, 0.1) is 0 Å². The molecule has 0 radical (unpaired) electrons. The molecule has 1 fully saturated rings. The van der Waals surface area contributed by atoms with Crippen LogP contribution in [0.3, 0.4) is 0 Å². The fourth-order valence-electron chi connectivity index (χ4n) is 3.17. The Kier molecular flexibility index (Phi) is 5.93. The van der Waals surface area contributed by atoms with Crippen molar-refractivity contribution in [2.24, 2.45) is 0 Å². The SMILES string of the molecule is COc1ccc([C@@H]2[C@H](S(=O)(=O)NCCc3ccccc3)CON2C)cc1. The number of benzene rings is 2. The van der Waals surface area contributed by atoms with Gasteiger partial charge in [-0.25, -0.2) is 13.1 Å². The number of hydrogen-bond donors (Lipinski definition) is 1. The molecule has 140 valence electrons. The average Bonchev–Trinajstić information content (AvgIpc) is 3.05. The molecule has 2 aromatic rings. The summed E-state index contributed by atoms with van der Waals surface area (Å²) in [4.78, 5) is 5.52. The van der Waals surface area contributed by atoms with E-state index in [1.54, 1.807) is 19.2 Å². The number of hydrogen-bond acceptors (Lipinski definition) is 5. The molecular weight excluding hydrogens is 352 g/mol. The molecule has 0 saturated carbocycles. The third-order valence-electron chi connectivity index (χ3n) is 4.60. The third-order valence-corrected chi connectivity index (χ3v) is 6.40. The molecule has 2 aromatic carbocycles. The van der Waals surface area contributed by atoms with Crippen LogP contribution in [0.5, 0.6) is 5.75 Å². The van der Waals surface area contributed by atoms with E-state index in [4.69, 9.17) is 9.57 Å². The largest absolute Gasteiger partial charge is 0.497 e. The Bertz CT molecular complexity index is 809. The van der Waals surface area contributed by atoms with Crippen LogP contribution in [-0.4, -0.2) is 46.0 Å². The van der Waals surface area contributed by atoms with E-state index in [9.17, 15) is 8.42 Å². The molecule has 3 rings (SSSR count). The van der Waals surface area contributed by atoms with E-state index in [0.29, 0.717) is 13.0 Å². The molecule has 2 atom stereocenters. The first-order valence-corrected chi connectivity index (χ1v) is 10.1. The van der Waals surface area contributed by atoms with E-state index in [-0.39, 0.29) is 12.6 Å². The molecule has 1 N–H and O–H groups in total. The minimum atomic E-state index is -3.52. The Morgan fingerprint density at radius 2 is 1.85 bits per heavy atom. The van der Waals surface area contributed by atoms with Gasteiger partial charge in [-0.05, 0) is 29.7 Å². The Morgan fingerprint density at radius 1 is 1.15 bits per heavy atom. The highest BCUT2D eigenvalue weighted by Crippen LogP contribution is 2.33. The van der Waals surface area contributed by atoms with Gasteiger partial charge in [0, 0.05) is 13.6 Å². The monoisotopic (exact) mass is 376 g/mol. The van der Waals surface area contributed by atoms with Crippen molar-refractivity contribution >= 4 is 10.0 Å². The fraction of sp³-hybridized carbons (Fsp3) is 0.368. The lowest BCUT2D eigenvalue weighted by atomic mass is 10.0. The topological polar surface area (TPSA) is 67.9 Å². The van der Waals surface area contributed by atoms with Gasteiger partial charge < -0.3 is 4.74 Å². The van der Waals surface area contributed by atoms with Crippen LogP contribution in [0.2, 0.25) is 0 Å². The molecule has 6 nitrogen and oxygen atoms in total. The molecule has 26 heavy (non-hydrogen) atoms. The van der Waals surface area contributed by atoms with E-state index in [2.05, 4.69) is 4.72 Å². The number of nitrogens with one attached hydrogen (secondary N) is 1. The maximum atomic E-state index is 12.8. The van der Waals surface area contributed by atoms with Gasteiger partial charge in [0.15, 0.2) is 0 Å². The Hall–Kier alpha value is -1.93. The van der Waals surface area contributed by atoms with Crippen molar-refractivity contribution in [3.8, 4) is 5.75 Å². The van der Waals surface area contributed by atoms with Gasteiger partial charge in [0.2, 0.25) is 10.0 Å². The number of methoxy groups -OCH3 is 1. The summed E-state index contributed by atoms with van der Waals surface area (Å²) in [6, 6.07) is 16.9. The van der Waals surface area contributed by atoms with Crippen molar-refractivity contribution in [3.63, 3.8) is 0 Å². The maximum absolute atomic E-state index is 12.8. The van der Waals surface area contributed by atoms with E-state index < -0.39 is 15.3 Å². The predicted octanol–water partition coefficient (Wildman–Crippen LogP) is 2.14. The Morgan fingerprint density at radius 3 is 2.50 bits per heavy atom. The second-order valence-electron chi connectivity index (χ2n) is 6.27. The molecule has 7 heteroatoms. The summed E-state index contributed by atoms with van der Waals surface area (Å²) in [6.45, 7) is 0.496. The molecule has 0 aromatic heterocycles. The first-order chi connectivity index (χ1) is 12.5. The molecule has 0 unspecified atom stereocenters. The molecule has 0 aliphatic carbocycles. The summed E-state index contributed by atoms with van der Waals surface area (Å²) < 4.78 is 33.6. The van der Waals surface area contributed by atoms with E-state index in [0.717, 1.165) is 16.9 Å². The van der Waals surface area contributed by atoms with Crippen LogP contribution in [-0.2, 0) is 21.3 Å². The standard InChI is InChI=1S/C19H24N2O4S/c1-21-19(16-8-10-17(24-2)11-9-16)18(14-25-21)26(22,23)20-13-12-15-6-4-3-5-7-15/h3-11,18-20H,12-14H2,1-2H3/t18-,19-/m1/s1. The Labute approximate surface area is 154 Å². The average molecular weight is 376 g/mol. The van der Waals surface area contributed by atoms with Gasteiger partial charge in [-0.2, -0.15) is 5.06 Å². The molecule has 1 aliphatic heterocycles. The smallest absolute Gasteiger partial charge is 0.218 e. The van der Waals surface area contributed by atoms with E-state index in [1.165, 1.54) is 0 Å². The van der Waals surface area contributed by atoms with Crippen LogP contribution in [0.25, 0.3) is 0 Å². The van der Waals surface area contributed by atoms with Crippen molar-refractivity contribution in [3.05, 3.63) is 65.7 Å². The Balaban J connectivity index is 1.70. The highest BCUT2D eigenvalue weighted by molar-refractivity contribution is 7.90. The number of nitrogens with zero attached hydrogens (tertiary/aromatic N) is 1. The van der Waals surface area contributed by atoms with Crippen LogP contribution in [0.15, 0.2) is 54.6 Å². The molecule has 0 bridgehead atoms.